The van der Waals surface area contributed by atoms with Crippen molar-refractivity contribution in [3.63, 3.8) is 0 Å². The molecule has 0 unspecified atom stereocenters. The normalized spacial score (nSPS) is 9.42. The number of aromatic hydroxyl groups is 1. The molecule has 0 aliphatic carbocycles. The highest BCUT2D eigenvalue weighted by atomic mass is 16.5. The molecule has 0 aromatic carbocycles. The lowest BCUT2D eigenvalue weighted by atomic mass is 10.3. The third-order valence-corrected chi connectivity index (χ3v) is 1.35. The number of aromatic nitrogens is 1. The van der Waals surface area contributed by atoms with Crippen molar-refractivity contribution in [2.24, 2.45) is 0 Å². The second kappa shape index (κ2) is 3.76. The molecule has 0 amide bonds. The van der Waals surface area contributed by atoms with E-state index in [9.17, 15) is 0 Å². The summed E-state index contributed by atoms with van der Waals surface area (Å²) in [7, 11) is 0. The molecule has 0 radical (unpaired) electrons. The van der Waals surface area contributed by atoms with Crippen LogP contribution < -0.4 is 0 Å². The van der Waals surface area contributed by atoms with Crippen molar-refractivity contribution >= 4 is 5.76 Å². The molecule has 0 aliphatic rings. The summed E-state index contributed by atoms with van der Waals surface area (Å²) in [6.07, 6.45) is 1.36. The second-order valence-electron chi connectivity index (χ2n) is 2.26. The van der Waals surface area contributed by atoms with Crippen molar-refractivity contribution in [2.75, 3.05) is 6.61 Å². The molecule has 12 heavy (non-hydrogen) atoms. The van der Waals surface area contributed by atoms with Gasteiger partial charge in [-0.1, -0.05) is 6.58 Å². The summed E-state index contributed by atoms with van der Waals surface area (Å²) >= 11 is 0. The third kappa shape index (κ3) is 1.99. The van der Waals surface area contributed by atoms with E-state index in [0.29, 0.717) is 18.1 Å². The lowest BCUT2D eigenvalue weighted by Gasteiger charge is -2.04. The maximum absolute atomic E-state index is 8.94. The van der Waals surface area contributed by atoms with Gasteiger partial charge in [-0.2, -0.15) is 0 Å². The van der Waals surface area contributed by atoms with Gasteiger partial charge in [-0.25, -0.2) is 4.98 Å². The zero-order valence-electron chi connectivity index (χ0n) is 6.95. The topological polar surface area (TPSA) is 42.4 Å². The van der Waals surface area contributed by atoms with Crippen LogP contribution >= 0.6 is 0 Å². The number of hydrogen-bond donors (Lipinski definition) is 1. The van der Waals surface area contributed by atoms with Crippen LogP contribution in [0.2, 0.25) is 0 Å². The van der Waals surface area contributed by atoms with Gasteiger partial charge in [-0.3, -0.25) is 0 Å². The molecule has 1 heterocycles. The Balaban J connectivity index is 2.75. The minimum absolute atomic E-state index is 0.142. The molecule has 1 rings (SSSR count). The van der Waals surface area contributed by atoms with Crippen molar-refractivity contribution in [3.8, 4) is 5.75 Å². The first kappa shape index (κ1) is 8.59. The van der Waals surface area contributed by atoms with Crippen LogP contribution in [-0.2, 0) is 4.74 Å². The van der Waals surface area contributed by atoms with Gasteiger partial charge in [0.1, 0.15) is 17.2 Å². The van der Waals surface area contributed by atoms with E-state index in [2.05, 4.69) is 11.6 Å². The van der Waals surface area contributed by atoms with Crippen LogP contribution in [0.1, 0.15) is 12.6 Å². The Morgan fingerprint density at radius 3 is 2.92 bits per heavy atom. The Morgan fingerprint density at radius 1 is 1.67 bits per heavy atom. The Morgan fingerprint density at radius 2 is 2.42 bits per heavy atom. The van der Waals surface area contributed by atoms with Crippen LogP contribution in [0.4, 0.5) is 0 Å². The molecule has 64 valence electrons. The molecule has 1 aromatic rings. The van der Waals surface area contributed by atoms with Gasteiger partial charge in [0.05, 0.1) is 12.8 Å². The molecule has 0 atom stereocenters. The number of rotatable bonds is 3. The molecule has 1 N–H and O–H groups in total. The summed E-state index contributed by atoms with van der Waals surface area (Å²) in [5, 5.41) is 8.94. The summed E-state index contributed by atoms with van der Waals surface area (Å²) in [5.41, 5.74) is 0.648. The highest BCUT2D eigenvalue weighted by Gasteiger charge is 1.99. The smallest absolute Gasteiger partial charge is 0.137 e. The van der Waals surface area contributed by atoms with E-state index in [1.807, 2.05) is 6.92 Å². The Hall–Kier alpha value is -1.51. The van der Waals surface area contributed by atoms with Crippen LogP contribution in [0.15, 0.2) is 24.9 Å². The zero-order valence-corrected chi connectivity index (χ0v) is 6.95. The van der Waals surface area contributed by atoms with Gasteiger partial charge < -0.3 is 9.84 Å². The van der Waals surface area contributed by atoms with Gasteiger partial charge in [0, 0.05) is 0 Å². The highest BCUT2D eigenvalue weighted by molar-refractivity contribution is 5.53. The van der Waals surface area contributed by atoms with Gasteiger partial charge in [0.15, 0.2) is 0 Å². The zero-order chi connectivity index (χ0) is 8.97. The predicted octanol–water partition coefficient (Wildman–Crippen LogP) is 1.79. The molecule has 3 nitrogen and oxygen atoms in total. The van der Waals surface area contributed by atoms with Gasteiger partial charge in [-0.15, -0.1) is 0 Å². The quantitative estimate of drug-likeness (QED) is 0.694. The summed E-state index contributed by atoms with van der Waals surface area (Å²) < 4.78 is 5.13. The fourth-order valence-electron chi connectivity index (χ4n) is 0.799. The number of nitrogens with zero attached hydrogens (tertiary/aromatic N) is 1. The fourth-order valence-corrected chi connectivity index (χ4v) is 0.799. The lowest BCUT2D eigenvalue weighted by molar-refractivity contribution is 0.297. The van der Waals surface area contributed by atoms with E-state index >= 15 is 0 Å². The van der Waals surface area contributed by atoms with Crippen molar-refractivity contribution in [1.29, 1.82) is 0 Å². The van der Waals surface area contributed by atoms with Crippen molar-refractivity contribution in [3.05, 3.63) is 30.6 Å². The van der Waals surface area contributed by atoms with Crippen LogP contribution in [0, 0.1) is 0 Å². The van der Waals surface area contributed by atoms with Gasteiger partial charge in [0.25, 0.3) is 0 Å². The Kier molecular flexibility index (Phi) is 2.69. The highest BCUT2D eigenvalue weighted by Crippen LogP contribution is 2.13. The molecule has 0 fully saturated rings. The molecule has 0 saturated carbocycles. The third-order valence-electron chi connectivity index (χ3n) is 1.35. The largest absolute Gasteiger partial charge is 0.506 e. The van der Waals surface area contributed by atoms with Crippen LogP contribution in [0.3, 0.4) is 0 Å². The van der Waals surface area contributed by atoms with Crippen molar-refractivity contribution < 1.29 is 9.84 Å². The maximum atomic E-state index is 8.94. The molecule has 0 bridgehead atoms. The molecule has 3 heteroatoms. The monoisotopic (exact) mass is 165 g/mol. The summed E-state index contributed by atoms with van der Waals surface area (Å²) in [6.45, 7) is 6.13. The average Bonchev–Trinajstić information content (AvgIpc) is 2.06. The molecule has 0 spiro atoms. The summed E-state index contributed by atoms with van der Waals surface area (Å²) in [4.78, 5) is 3.92. The molecule has 0 aliphatic heterocycles. The van der Waals surface area contributed by atoms with Gasteiger partial charge in [-0.05, 0) is 19.1 Å². The first-order valence-corrected chi connectivity index (χ1v) is 3.71. The van der Waals surface area contributed by atoms with Crippen molar-refractivity contribution in [2.45, 2.75) is 6.92 Å². The fraction of sp³-hybridized carbons (Fsp3) is 0.222. The maximum Gasteiger partial charge on any atom is 0.137 e. The lowest BCUT2D eigenvalue weighted by Crippen LogP contribution is -1.92. The SMILES string of the molecule is C=C(OCC)c1ccc(O)cn1. The summed E-state index contributed by atoms with van der Waals surface area (Å²) in [5.74, 6) is 0.667. The van der Waals surface area contributed by atoms with Crippen LogP contribution in [0.25, 0.3) is 5.76 Å². The van der Waals surface area contributed by atoms with Gasteiger partial charge >= 0.3 is 0 Å². The minimum Gasteiger partial charge on any atom is -0.506 e. The first-order chi connectivity index (χ1) is 5.74. The van der Waals surface area contributed by atoms with E-state index in [0.717, 1.165) is 0 Å². The molecular formula is C9H11NO2. The number of ether oxygens (including phenoxy) is 1. The van der Waals surface area contributed by atoms with E-state index in [1.54, 1.807) is 12.1 Å². The average molecular weight is 165 g/mol. The van der Waals surface area contributed by atoms with Crippen LogP contribution in [-0.4, -0.2) is 16.7 Å². The Labute approximate surface area is 71.3 Å². The molecule has 0 saturated heterocycles. The van der Waals surface area contributed by atoms with Crippen LogP contribution in [0.5, 0.6) is 5.75 Å². The predicted molar refractivity (Wildman–Crippen MR) is 46.6 cm³/mol. The van der Waals surface area contributed by atoms with E-state index < -0.39 is 0 Å². The van der Waals surface area contributed by atoms with E-state index in [-0.39, 0.29) is 5.75 Å². The Bertz CT molecular complexity index is 266. The number of pyridine rings is 1. The second-order valence-corrected chi connectivity index (χ2v) is 2.26. The van der Waals surface area contributed by atoms with Gasteiger partial charge in [0.2, 0.25) is 0 Å². The molecular weight excluding hydrogens is 154 g/mol. The number of hydrogen-bond acceptors (Lipinski definition) is 3. The van der Waals surface area contributed by atoms with Crippen molar-refractivity contribution in [1.82, 2.24) is 4.98 Å². The summed E-state index contributed by atoms with van der Waals surface area (Å²) in [6, 6.07) is 3.21. The first-order valence-electron chi connectivity index (χ1n) is 3.71. The minimum atomic E-state index is 0.142. The van der Waals surface area contributed by atoms with E-state index in [4.69, 9.17) is 9.84 Å². The van der Waals surface area contributed by atoms with E-state index in [1.165, 1.54) is 6.20 Å². The molecule has 1 aromatic heterocycles. The standard InChI is InChI=1S/C9H11NO2/c1-3-12-7(2)9-5-4-8(11)6-10-9/h4-6,11H,2-3H2,1H3.